The monoisotopic (exact) mass is 286 g/mol. The van der Waals surface area contributed by atoms with Gasteiger partial charge in [0, 0.05) is 11.8 Å². The summed E-state index contributed by atoms with van der Waals surface area (Å²) < 4.78 is 24.0. The number of benzene rings is 1. The first-order valence-electron chi connectivity index (χ1n) is 6.16. The smallest absolute Gasteiger partial charge is 0.437 e. The molecule has 0 atom stereocenters. The standard InChI is InChI=1S/C15H11FN2O3/c1-20-15(19)21-12-6-7-14-17-13(9-18(14)8-12)10-2-4-11(16)5-3-10/h2-9H,1H3. The van der Waals surface area contributed by atoms with Gasteiger partial charge in [-0.2, -0.15) is 0 Å². The van der Waals surface area contributed by atoms with Crippen molar-refractivity contribution >= 4 is 11.8 Å². The quantitative estimate of drug-likeness (QED) is 0.678. The van der Waals surface area contributed by atoms with E-state index in [0.29, 0.717) is 17.1 Å². The number of hydrogen-bond donors (Lipinski definition) is 0. The van der Waals surface area contributed by atoms with E-state index in [1.54, 1.807) is 41.1 Å². The zero-order chi connectivity index (χ0) is 14.8. The summed E-state index contributed by atoms with van der Waals surface area (Å²) in [4.78, 5) is 15.5. The molecule has 0 aliphatic carbocycles. The third-order valence-electron chi connectivity index (χ3n) is 2.93. The fraction of sp³-hybridized carbons (Fsp3) is 0.0667. The van der Waals surface area contributed by atoms with Gasteiger partial charge in [0.15, 0.2) is 5.75 Å². The molecule has 106 valence electrons. The fourth-order valence-corrected chi connectivity index (χ4v) is 1.93. The van der Waals surface area contributed by atoms with Crippen LogP contribution in [-0.2, 0) is 4.74 Å². The number of halogens is 1. The van der Waals surface area contributed by atoms with Crippen molar-refractivity contribution in [2.75, 3.05) is 7.11 Å². The van der Waals surface area contributed by atoms with Gasteiger partial charge in [-0.15, -0.1) is 0 Å². The van der Waals surface area contributed by atoms with Crippen LogP contribution < -0.4 is 4.74 Å². The number of hydrogen-bond acceptors (Lipinski definition) is 4. The van der Waals surface area contributed by atoms with Gasteiger partial charge in [-0.25, -0.2) is 14.2 Å². The molecule has 0 aliphatic heterocycles. The fourth-order valence-electron chi connectivity index (χ4n) is 1.93. The number of carbonyl (C=O) groups is 1. The number of pyridine rings is 1. The molecule has 0 amide bonds. The first-order chi connectivity index (χ1) is 10.2. The Morgan fingerprint density at radius 2 is 1.90 bits per heavy atom. The van der Waals surface area contributed by atoms with Crippen LogP contribution in [0.25, 0.3) is 16.9 Å². The second kappa shape index (κ2) is 5.24. The highest BCUT2D eigenvalue weighted by atomic mass is 19.1. The molecule has 0 aliphatic rings. The molecule has 2 heterocycles. The third-order valence-corrected chi connectivity index (χ3v) is 2.93. The summed E-state index contributed by atoms with van der Waals surface area (Å²) in [5.74, 6) is 0.0497. The molecule has 0 unspecified atom stereocenters. The van der Waals surface area contributed by atoms with Gasteiger partial charge in [0.1, 0.15) is 11.5 Å². The van der Waals surface area contributed by atoms with E-state index >= 15 is 0 Å². The summed E-state index contributed by atoms with van der Waals surface area (Å²) in [6.45, 7) is 0. The van der Waals surface area contributed by atoms with Gasteiger partial charge < -0.3 is 13.9 Å². The summed E-state index contributed by atoms with van der Waals surface area (Å²) >= 11 is 0. The van der Waals surface area contributed by atoms with Crippen LogP contribution in [0.1, 0.15) is 0 Å². The molecule has 0 radical (unpaired) electrons. The lowest BCUT2D eigenvalue weighted by Gasteiger charge is -2.02. The predicted molar refractivity (Wildman–Crippen MR) is 73.6 cm³/mol. The third kappa shape index (κ3) is 2.69. The Hall–Kier alpha value is -2.89. The SMILES string of the molecule is COC(=O)Oc1ccc2nc(-c3ccc(F)cc3)cn2c1. The molecule has 1 aromatic carbocycles. The van der Waals surface area contributed by atoms with Gasteiger partial charge in [-0.1, -0.05) is 0 Å². The van der Waals surface area contributed by atoms with Crippen LogP contribution in [0.3, 0.4) is 0 Å². The maximum Gasteiger partial charge on any atom is 0.513 e. The molecule has 6 heteroatoms. The van der Waals surface area contributed by atoms with Crippen molar-refractivity contribution < 1.29 is 18.7 Å². The molecule has 0 bridgehead atoms. The summed E-state index contributed by atoms with van der Waals surface area (Å²) in [6.07, 6.45) is 2.60. The van der Waals surface area contributed by atoms with Crippen LogP contribution in [0.15, 0.2) is 48.8 Å². The molecule has 2 aromatic heterocycles. The molecular formula is C15H11FN2O3. The first-order valence-corrected chi connectivity index (χ1v) is 6.16. The lowest BCUT2D eigenvalue weighted by Crippen LogP contribution is -2.07. The van der Waals surface area contributed by atoms with Gasteiger partial charge in [0.25, 0.3) is 0 Å². The van der Waals surface area contributed by atoms with Crippen molar-refractivity contribution in [1.29, 1.82) is 0 Å². The van der Waals surface area contributed by atoms with E-state index in [0.717, 1.165) is 5.56 Å². The van der Waals surface area contributed by atoms with Gasteiger partial charge in [0.2, 0.25) is 0 Å². The summed E-state index contributed by atoms with van der Waals surface area (Å²) in [7, 11) is 1.24. The van der Waals surface area contributed by atoms with Gasteiger partial charge in [0.05, 0.1) is 19.0 Å². The zero-order valence-electron chi connectivity index (χ0n) is 11.1. The number of methoxy groups -OCH3 is 1. The van der Waals surface area contributed by atoms with Gasteiger partial charge >= 0.3 is 6.16 Å². The number of aromatic nitrogens is 2. The van der Waals surface area contributed by atoms with E-state index in [4.69, 9.17) is 4.74 Å². The highest BCUT2D eigenvalue weighted by Gasteiger charge is 2.08. The van der Waals surface area contributed by atoms with Crippen molar-refractivity contribution in [1.82, 2.24) is 9.38 Å². The summed E-state index contributed by atoms with van der Waals surface area (Å²) in [6, 6.07) is 9.40. The number of nitrogens with zero attached hydrogens (tertiary/aromatic N) is 2. The van der Waals surface area contributed by atoms with E-state index < -0.39 is 6.16 Å². The second-order valence-corrected chi connectivity index (χ2v) is 4.32. The highest BCUT2D eigenvalue weighted by Crippen LogP contribution is 2.21. The lowest BCUT2D eigenvalue weighted by molar-refractivity contribution is 0.121. The Bertz CT molecular complexity index is 796. The van der Waals surface area contributed by atoms with Gasteiger partial charge in [-0.05, 0) is 36.4 Å². The zero-order valence-corrected chi connectivity index (χ0v) is 11.1. The highest BCUT2D eigenvalue weighted by molar-refractivity contribution is 5.65. The molecule has 3 rings (SSSR count). The average Bonchev–Trinajstić information content (AvgIpc) is 2.91. The Morgan fingerprint density at radius 3 is 2.62 bits per heavy atom. The van der Waals surface area contributed by atoms with Crippen molar-refractivity contribution in [3.63, 3.8) is 0 Å². The van der Waals surface area contributed by atoms with E-state index in [9.17, 15) is 9.18 Å². The molecule has 0 saturated heterocycles. The number of fused-ring (bicyclic) bond motifs is 1. The predicted octanol–water partition coefficient (Wildman–Crippen LogP) is 3.29. The molecule has 0 fully saturated rings. The van der Waals surface area contributed by atoms with Crippen molar-refractivity contribution in [2.45, 2.75) is 0 Å². The molecule has 0 saturated carbocycles. The van der Waals surface area contributed by atoms with E-state index in [1.165, 1.54) is 19.2 Å². The van der Waals surface area contributed by atoms with Crippen LogP contribution >= 0.6 is 0 Å². The van der Waals surface area contributed by atoms with Crippen LogP contribution in [0, 0.1) is 5.82 Å². The summed E-state index contributed by atoms with van der Waals surface area (Å²) in [5.41, 5.74) is 2.19. The number of imidazole rings is 1. The number of ether oxygens (including phenoxy) is 2. The minimum atomic E-state index is -0.784. The van der Waals surface area contributed by atoms with Crippen LogP contribution in [0.5, 0.6) is 5.75 Å². The minimum Gasteiger partial charge on any atom is -0.437 e. The topological polar surface area (TPSA) is 52.8 Å². The van der Waals surface area contributed by atoms with Crippen LogP contribution in [0.2, 0.25) is 0 Å². The molecule has 21 heavy (non-hydrogen) atoms. The number of carbonyl (C=O) groups excluding carboxylic acids is 1. The first kappa shape index (κ1) is 13.1. The maximum atomic E-state index is 12.9. The molecular weight excluding hydrogens is 275 g/mol. The Morgan fingerprint density at radius 1 is 1.14 bits per heavy atom. The minimum absolute atomic E-state index is 0.295. The molecule has 0 spiro atoms. The van der Waals surface area contributed by atoms with E-state index in [-0.39, 0.29) is 5.82 Å². The van der Waals surface area contributed by atoms with Crippen molar-refractivity contribution in [3.05, 3.63) is 54.6 Å². The van der Waals surface area contributed by atoms with Crippen molar-refractivity contribution in [2.24, 2.45) is 0 Å². The van der Waals surface area contributed by atoms with Crippen LogP contribution in [0.4, 0.5) is 9.18 Å². The van der Waals surface area contributed by atoms with Gasteiger partial charge in [-0.3, -0.25) is 0 Å². The average molecular weight is 286 g/mol. The molecule has 5 nitrogen and oxygen atoms in total. The van der Waals surface area contributed by atoms with Crippen LogP contribution in [-0.4, -0.2) is 22.6 Å². The number of rotatable bonds is 2. The maximum absolute atomic E-state index is 12.9. The Kier molecular flexibility index (Phi) is 3.27. The van der Waals surface area contributed by atoms with E-state index in [2.05, 4.69) is 9.72 Å². The van der Waals surface area contributed by atoms with E-state index in [1.807, 2.05) is 0 Å². The Balaban J connectivity index is 1.96. The normalized spacial score (nSPS) is 10.6. The lowest BCUT2D eigenvalue weighted by atomic mass is 10.2. The molecule has 3 aromatic rings. The second-order valence-electron chi connectivity index (χ2n) is 4.32. The largest absolute Gasteiger partial charge is 0.513 e. The van der Waals surface area contributed by atoms with Crippen molar-refractivity contribution in [3.8, 4) is 17.0 Å². The molecule has 0 N–H and O–H groups in total. The summed E-state index contributed by atoms with van der Waals surface area (Å²) in [5, 5.41) is 0. The Labute approximate surface area is 119 Å².